The van der Waals surface area contributed by atoms with Crippen molar-refractivity contribution in [3.63, 3.8) is 0 Å². The van der Waals surface area contributed by atoms with E-state index in [1.165, 1.54) is 5.52 Å². The van der Waals surface area contributed by atoms with Crippen molar-refractivity contribution in [3.05, 3.63) is 65.8 Å². The Morgan fingerprint density at radius 1 is 1.03 bits per heavy atom. The van der Waals surface area contributed by atoms with E-state index in [-0.39, 0.29) is 5.91 Å². The molecule has 7 heteroatoms. The van der Waals surface area contributed by atoms with E-state index < -0.39 is 0 Å². The van der Waals surface area contributed by atoms with Crippen LogP contribution in [0.3, 0.4) is 0 Å². The molecule has 0 saturated carbocycles. The van der Waals surface area contributed by atoms with Crippen LogP contribution in [0.25, 0.3) is 22.4 Å². The van der Waals surface area contributed by atoms with Gasteiger partial charge in [0, 0.05) is 37.7 Å². The van der Waals surface area contributed by atoms with Gasteiger partial charge in [-0.05, 0) is 49.9 Å². The van der Waals surface area contributed by atoms with Crippen molar-refractivity contribution in [1.29, 1.82) is 0 Å². The molecule has 0 N–H and O–H groups in total. The van der Waals surface area contributed by atoms with Crippen molar-refractivity contribution in [2.75, 3.05) is 13.1 Å². The summed E-state index contributed by atoms with van der Waals surface area (Å²) in [5.74, 6) is 2.75. The molecule has 0 atom stereocenters. The molecule has 1 aliphatic rings. The molecule has 7 nitrogen and oxygen atoms in total. The predicted octanol–water partition coefficient (Wildman–Crippen LogP) is 4.26. The first kappa shape index (κ1) is 19.5. The van der Waals surface area contributed by atoms with E-state index in [9.17, 15) is 4.79 Å². The number of carbonyl (C=O) groups excluding carboxylic acids is 1. The van der Waals surface area contributed by atoms with Gasteiger partial charge in [0.15, 0.2) is 0 Å². The number of fused-ring (bicyclic) bond motifs is 1. The zero-order valence-electron chi connectivity index (χ0n) is 17.8. The van der Waals surface area contributed by atoms with E-state index >= 15 is 0 Å². The number of likely N-dealkylation sites (tertiary alicyclic amines) is 1. The third kappa shape index (κ3) is 3.83. The minimum Gasteiger partial charge on any atom is -0.339 e. The van der Waals surface area contributed by atoms with Crippen molar-refractivity contribution >= 4 is 16.9 Å². The van der Waals surface area contributed by atoms with E-state index in [0.29, 0.717) is 23.2 Å². The Bertz CT molecular complexity index is 1220. The number of hydrogen-bond acceptors (Lipinski definition) is 5. The first-order valence-corrected chi connectivity index (χ1v) is 10.7. The minimum absolute atomic E-state index is 0.0820. The molecule has 0 bridgehead atoms. The molecule has 0 aliphatic carbocycles. The van der Waals surface area contributed by atoms with Gasteiger partial charge in [-0.2, -0.15) is 4.98 Å². The third-order valence-electron chi connectivity index (χ3n) is 6.11. The fraction of sp³-hybridized carbons (Fsp3) is 0.333. The maximum Gasteiger partial charge on any atom is 0.253 e. The number of nitrogens with zero attached hydrogens (tertiary/aromatic N) is 5. The number of imidazole rings is 1. The fourth-order valence-electron chi connectivity index (χ4n) is 4.36. The molecule has 2 aromatic heterocycles. The van der Waals surface area contributed by atoms with Crippen molar-refractivity contribution in [1.82, 2.24) is 24.6 Å². The number of piperidine rings is 1. The van der Waals surface area contributed by atoms with E-state index in [0.717, 1.165) is 49.4 Å². The Balaban J connectivity index is 1.22. The van der Waals surface area contributed by atoms with Gasteiger partial charge in [0.25, 0.3) is 5.91 Å². The maximum absolute atomic E-state index is 13.0. The molecule has 1 saturated heterocycles. The quantitative estimate of drug-likeness (QED) is 0.498. The largest absolute Gasteiger partial charge is 0.339 e. The zero-order chi connectivity index (χ0) is 21.4. The third-order valence-corrected chi connectivity index (χ3v) is 6.11. The van der Waals surface area contributed by atoms with Crippen molar-refractivity contribution < 1.29 is 9.32 Å². The monoisotopic (exact) mass is 415 g/mol. The molecule has 5 rings (SSSR count). The Morgan fingerprint density at radius 2 is 1.77 bits per heavy atom. The van der Waals surface area contributed by atoms with E-state index in [4.69, 9.17) is 4.52 Å². The van der Waals surface area contributed by atoms with Gasteiger partial charge in [0.2, 0.25) is 11.7 Å². The summed E-state index contributed by atoms with van der Waals surface area (Å²) in [5.41, 5.74) is 3.77. The lowest BCUT2D eigenvalue weighted by Crippen LogP contribution is -2.39. The van der Waals surface area contributed by atoms with Crippen LogP contribution in [0.5, 0.6) is 0 Å². The Labute approximate surface area is 180 Å². The molecule has 31 heavy (non-hydrogen) atoms. The van der Waals surface area contributed by atoms with Gasteiger partial charge < -0.3 is 14.0 Å². The van der Waals surface area contributed by atoms with E-state index in [2.05, 4.69) is 44.8 Å². The fourth-order valence-corrected chi connectivity index (χ4v) is 4.36. The van der Waals surface area contributed by atoms with Gasteiger partial charge in [0.1, 0.15) is 5.82 Å². The van der Waals surface area contributed by atoms with Crippen LogP contribution in [0.15, 0.2) is 53.1 Å². The lowest BCUT2D eigenvalue weighted by atomic mass is 9.96. The average Bonchev–Trinajstić information content (AvgIpc) is 3.37. The number of carbonyl (C=O) groups is 1. The molecule has 3 heterocycles. The summed E-state index contributed by atoms with van der Waals surface area (Å²) in [6, 6.07) is 15.7. The number of aryl methyl sites for hydroxylation is 2. The number of benzene rings is 2. The van der Waals surface area contributed by atoms with E-state index in [1.807, 2.05) is 35.2 Å². The first-order chi connectivity index (χ1) is 15.1. The SMILES string of the molecule is Cc1nc(-c2ccc(C(=O)N3CCC(Cn4c(C)nc5ccccc54)CC3)cc2)no1. The number of amides is 1. The van der Waals surface area contributed by atoms with Crippen LogP contribution in [0.2, 0.25) is 0 Å². The summed E-state index contributed by atoms with van der Waals surface area (Å²) < 4.78 is 7.34. The second-order valence-electron chi connectivity index (χ2n) is 8.21. The number of hydrogen-bond donors (Lipinski definition) is 0. The average molecular weight is 415 g/mol. The zero-order valence-corrected chi connectivity index (χ0v) is 17.8. The van der Waals surface area contributed by atoms with E-state index in [1.54, 1.807) is 6.92 Å². The molecule has 1 amide bonds. The summed E-state index contributed by atoms with van der Waals surface area (Å²) in [7, 11) is 0. The Kier molecular flexibility index (Phi) is 5.02. The van der Waals surface area contributed by atoms with Crippen LogP contribution >= 0.6 is 0 Å². The van der Waals surface area contributed by atoms with Gasteiger partial charge in [-0.3, -0.25) is 4.79 Å². The minimum atomic E-state index is 0.0820. The Hall–Kier alpha value is -3.48. The second kappa shape index (κ2) is 7.98. The topological polar surface area (TPSA) is 77.1 Å². The van der Waals surface area contributed by atoms with Gasteiger partial charge in [0.05, 0.1) is 11.0 Å². The lowest BCUT2D eigenvalue weighted by molar-refractivity contribution is 0.0683. The van der Waals surface area contributed by atoms with Gasteiger partial charge in [-0.25, -0.2) is 4.98 Å². The standard InChI is InChI=1S/C24H25N5O2/c1-16-25-21-5-3-4-6-22(21)29(16)15-18-11-13-28(14-12-18)24(30)20-9-7-19(8-10-20)23-26-17(2)31-27-23/h3-10,18H,11-15H2,1-2H3. The van der Waals surface area contributed by atoms with Crippen molar-refractivity contribution in [2.24, 2.45) is 5.92 Å². The van der Waals surface area contributed by atoms with Crippen LogP contribution in [-0.4, -0.2) is 43.6 Å². The van der Waals surface area contributed by atoms with Crippen LogP contribution in [0.4, 0.5) is 0 Å². The second-order valence-corrected chi connectivity index (χ2v) is 8.21. The normalized spacial score (nSPS) is 15.0. The number of para-hydroxylation sites is 2. The summed E-state index contributed by atoms with van der Waals surface area (Å²) in [6.07, 6.45) is 2.00. The predicted molar refractivity (Wildman–Crippen MR) is 118 cm³/mol. The highest BCUT2D eigenvalue weighted by Gasteiger charge is 2.25. The summed E-state index contributed by atoms with van der Waals surface area (Å²) in [4.78, 5) is 23.8. The molecule has 0 radical (unpaired) electrons. The van der Waals surface area contributed by atoms with Crippen LogP contribution in [0.1, 0.15) is 34.9 Å². The molecule has 0 spiro atoms. The maximum atomic E-state index is 13.0. The van der Waals surface area contributed by atoms with Crippen molar-refractivity contribution in [2.45, 2.75) is 33.2 Å². The molecule has 0 unspecified atom stereocenters. The molecule has 1 aliphatic heterocycles. The lowest BCUT2D eigenvalue weighted by Gasteiger charge is -2.32. The summed E-state index contributed by atoms with van der Waals surface area (Å²) >= 11 is 0. The highest BCUT2D eigenvalue weighted by Crippen LogP contribution is 2.25. The Morgan fingerprint density at radius 3 is 2.48 bits per heavy atom. The summed E-state index contributed by atoms with van der Waals surface area (Å²) in [5, 5.41) is 3.93. The van der Waals surface area contributed by atoms with Crippen LogP contribution < -0.4 is 0 Å². The number of aromatic nitrogens is 4. The molecular weight excluding hydrogens is 390 g/mol. The molecule has 2 aromatic carbocycles. The molecule has 1 fully saturated rings. The number of rotatable bonds is 4. The van der Waals surface area contributed by atoms with Gasteiger partial charge >= 0.3 is 0 Å². The molecular formula is C24H25N5O2. The first-order valence-electron chi connectivity index (χ1n) is 10.7. The molecule has 158 valence electrons. The van der Waals surface area contributed by atoms with Crippen molar-refractivity contribution in [3.8, 4) is 11.4 Å². The van der Waals surface area contributed by atoms with Crippen LogP contribution in [0, 0.1) is 19.8 Å². The summed E-state index contributed by atoms with van der Waals surface area (Å²) in [6.45, 7) is 6.34. The molecule has 4 aromatic rings. The van der Waals surface area contributed by atoms with Crippen LogP contribution in [-0.2, 0) is 6.54 Å². The highest BCUT2D eigenvalue weighted by atomic mass is 16.5. The smallest absolute Gasteiger partial charge is 0.253 e. The highest BCUT2D eigenvalue weighted by molar-refractivity contribution is 5.94. The van der Waals surface area contributed by atoms with Gasteiger partial charge in [-0.15, -0.1) is 0 Å². The van der Waals surface area contributed by atoms with Gasteiger partial charge in [-0.1, -0.05) is 29.4 Å².